The van der Waals surface area contributed by atoms with Crippen LogP contribution < -0.4 is 15.6 Å². The van der Waals surface area contributed by atoms with Gasteiger partial charge in [-0.2, -0.15) is 5.21 Å². The molecule has 0 aliphatic heterocycles. The van der Waals surface area contributed by atoms with Crippen molar-refractivity contribution in [2.24, 2.45) is 5.92 Å². The highest BCUT2D eigenvalue weighted by Gasteiger charge is 2.30. The van der Waals surface area contributed by atoms with Gasteiger partial charge in [-0.05, 0) is 72.5 Å². The number of ketones is 1. The van der Waals surface area contributed by atoms with Crippen LogP contribution in [0.2, 0.25) is 5.02 Å². The van der Waals surface area contributed by atoms with Gasteiger partial charge in [-0.3, -0.25) is 19.0 Å². The first-order valence-electron chi connectivity index (χ1n) is 12.6. The summed E-state index contributed by atoms with van der Waals surface area (Å²) in [7, 11) is 1.48. The first-order valence-corrected chi connectivity index (χ1v) is 13.0. The topological polar surface area (TPSA) is 132 Å². The fraction of sp³-hybridized carbons (Fsp3) is 0.286. The maximum atomic E-state index is 13.6. The molecular formula is C28H27ClN6O4. The summed E-state index contributed by atoms with van der Waals surface area (Å²) in [5, 5.41) is 17.3. The van der Waals surface area contributed by atoms with Crippen molar-refractivity contribution in [1.82, 2.24) is 25.2 Å². The summed E-state index contributed by atoms with van der Waals surface area (Å²) in [6, 6.07) is 12.6. The van der Waals surface area contributed by atoms with E-state index in [-0.39, 0.29) is 17.2 Å². The molecule has 2 aromatic carbocycles. The number of halogens is 1. The van der Waals surface area contributed by atoms with Gasteiger partial charge in [0.15, 0.2) is 5.78 Å². The van der Waals surface area contributed by atoms with Crippen molar-refractivity contribution in [3.8, 4) is 28.3 Å². The van der Waals surface area contributed by atoms with E-state index < -0.39 is 6.04 Å². The van der Waals surface area contributed by atoms with Gasteiger partial charge in [0, 0.05) is 33.5 Å². The molecule has 1 atom stereocenters. The Labute approximate surface area is 229 Å². The van der Waals surface area contributed by atoms with Crippen molar-refractivity contribution in [1.29, 1.82) is 0 Å². The van der Waals surface area contributed by atoms with Crippen LogP contribution in [0, 0.1) is 5.92 Å². The number of carbonyl (C=O) groups is 2. The molecule has 1 fully saturated rings. The van der Waals surface area contributed by atoms with Crippen molar-refractivity contribution < 1.29 is 14.3 Å². The lowest BCUT2D eigenvalue weighted by Crippen LogP contribution is -2.35. The summed E-state index contributed by atoms with van der Waals surface area (Å²) < 4.78 is 7.07. The van der Waals surface area contributed by atoms with Crippen LogP contribution in [0.1, 0.15) is 49.0 Å². The van der Waals surface area contributed by atoms with E-state index in [1.807, 2.05) is 0 Å². The minimum absolute atomic E-state index is 0.166. The first-order chi connectivity index (χ1) is 18.8. The number of hydrogen-bond acceptors (Lipinski definition) is 7. The normalized spacial score (nSPS) is 13.9. The van der Waals surface area contributed by atoms with Crippen LogP contribution in [0.15, 0.2) is 59.5 Å². The van der Waals surface area contributed by atoms with E-state index in [1.54, 1.807) is 48.7 Å². The molecule has 2 N–H and O–H groups in total. The maximum Gasteiger partial charge on any atom is 0.252 e. The largest absolute Gasteiger partial charge is 0.495 e. The van der Waals surface area contributed by atoms with E-state index in [0.29, 0.717) is 51.3 Å². The van der Waals surface area contributed by atoms with Crippen LogP contribution in [0.4, 0.5) is 5.69 Å². The third-order valence-electron chi connectivity index (χ3n) is 7.09. The fourth-order valence-corrected chi connectivity index (χ4v) is 4.97. The molecule has 0 bridgehead atoms. The zero-order valence-corrected chi connectivity index (χ0v) is 22.2. The highest BCUT2D eigenvalue weighted by molar-refractivity contribution is 6.31. The van der Waals surface area contributed by atoms with Gasteiger partial charge in [0.2, 0.25) is 11.7 Å². The Morgan fingerprint density at radius 2 is 1.92 bits per heavy atom. The van der Waals surface area contributed by atoms with Crippen molar-refractivity contribution in [2.75, 3.05) is 12.4 Å². The number of methoxy groups -OCH3 is 1. The van der Waals surface area contributed by atoms with Gasteiger partial charge in [0.05, 0.1) is 13.3 Å². The molecule has 39 heavy (non-hydrogen) atoms. The second-order valence-electron chi connectivity index (χ2n) is 9.60. The number of hydrogen-bond donors (Lipinski definition) is 2. The Balaban J connectivity index is 1.49. The van der Waals surface area contributed by atoms with Crippen LogP contribution in [-0.2, 0) is 4.79 Å². The van der Waals surface area contributed by atoms with E-state index in [0.717, 1.165) is 24.8 Å². The first kappa shape index (κ1) is 26.3. The van der Waals surface area contributed by atoms with Crippen molar-refractivity contribution in [2.45, 2.75) is 38.6 Å². The zero-order chi connectivity index (χ0) is 27.5. The molecule has 1 saturated carbocycles. The smallest absolute Gasteiger partial charge is 0.252 e. The molecule has 2 heterocycles. The van der Waals surface area contributed by atoms with Crippen molar-refractivity contribution in [3.05, 3.63) is 75.7 Å². The lowest BCUT2D eigenvalue weighted by atomic mass is 9.80. The third-order valence-corrected chi connectivity index (χ3v) is 7.33. The Hall–Kier alpha value is -4.31. The number of nitrogens with one attached hydrogen (secondary N) is 2. The molecule has 2 aromatic heterocycles. The number of aromatic amines is 1. The van der Waals surface area contributed by atoms with E-state index >= 15 is 0 Å². The van der Waals surface area contributed by atoms with E-state index in [4.69, 9.17) is 16.3 Å². The average molecular weight is 547 g/mol. The minimum atomic E-state index is -0.755. The molecule has 0 spiro atoms. The van der Waals surface area contributed by atoms with Crippen LogP contribution in [-0.4, -0.2) is 44.0 Å². The van der Waals surface area contributed by atoms with Crippen LogP contribution in [0.25, 0.3) is 22.5 Å². The molecule has 11 heteroatoms. The average Bonchev–Trinajstić information content (AvgIpc) is 3.43. The van der Waals surface area contributed by atoms with Crippen LogP contribution >= 0.6 is 11.6 Å². The van der Waals surface area contributed by atoms with E-state index in [2.05, 4.69) is 25.9 Å². The number of aromatic nitrogens is 5. The SMILES string of the molecule is COc1cn(C(CC2CCC2)C(=O)Nc2ccc(-c3nn[nH]n3)cc2)c(=O)cc1-c1cc(Cl)ccc1C(C)=O. The number of carbonyl (C=O) groups excluding carboxylic acids is 2. The minimum Gasteiger partial charge on any atom is -0.495 e. The number of pyridine rings is 1. The Morgan fingerprint density at radius 3 is 2.54 bits per heavy atom. The molecule has 10 nitrogen and oxygen atoms in total. The second kappa shape index (κ2) is 11.2. The second-order valence-corrected chi connectivity index (χ2v) is 10.0. The highest BCUT2D eigenvalue weighted by Crippen LogP contribution is 2.37. The fourth-order valence-electron chi connectivity index (χ4n) is 4.80. The van der Waals surface area contributed by atoms with Gasteiger partial charge >= 0.3 is 0 Å². The predicted octanol–water partition coefficient (Wildman–Crippen LogP) is 4.93. The Kier molecular flexibility index (Phi) is 7.56. The molecular weight excluding hydrogens is 520 g/mol. The molecule has 1 amide bonds. The number of anilines is 1. The number of H-pyrrole nitrogens is 1. The lowest BCUT2D eigenvalue weighted by molar-refractivity contribution is -0.120. The zero-order valence-electron chi connectivity index (χ0n) is 21.5. The number of tetrazole rings is 1. The lowest BCUT2D eigenvalue weighted by Gasteiger charge is -2.30. The maximum absolute atomic E-state index is 13.6. The number of rotatable bonds is 9. The summed E-state index contributed by atoms with van der Waals surface area (Å²) in [5.74, 6) is 0.673. The number of ether oxygens (including phenoxy) is 1. The monoisotopic (exact) mass is 546 g/mol. The van der Waals surface area contributed by atoms with Crippen molar-refractivity contribution in [3.63, 3.8) is 0 Å². The molecule has 1 aliphatic rings. The number of amides is 1. The number of nitrogens with zero attached hydrogens (tertiary/aromatic N) is 4. The van der Waals surface area contributed by atoms with Gasteiger partial charge in [-0.15, -0.1) is 10.2 Å². The standard InChI is InChI=1S/C28H27ClN6O4/c1-16(36)21-11-8-19(29)13-22(21)23-14-26(37)35(15-25(23)39-2)24(12-17-4-3-5-17)28(38)30-20-9-6-18(7-10-20)27-31-33-34-32-27/h6-11,13-15,17,24H,3-5,12H2,1-2H3,(H,30,38)(H,31,32,33,34). The molecule has 1 aliphatic carbocycles. The van der Waals surface area contributed by atoms with Gasteiger partial charge in [0.1, 0.15) is 11.8 Å². The number of Topliss-reactive ketones (excluding diaryl/α,β-unsaturated/α-hetero) is 1. The highest BCUT2D eigenvalue weighted by atomic mass is 35.5. The Bertz CT molecular complexity index is 1560. The number of benzene rings is 2. The van der Waals surface area contributed by atoms with Crippen molar-refractivity contribution >= 4 is 29.0 Å². The summed E-state index contributed by atoms with van der Waals surface area (Å²) in [5.41, 5.74) is 2.29. The summed E-state index contributed by atoms with van der Waals surface area (Å²) in [6.07, 6.45) is 5.20. The van der Waals surface area contributed by atoms with Crippen LogP contribution in [0.3, 0.4) is 0 Å². The van der Waals surface area contributed by atoms with E-state index in [1.165, 1.54) is 24.7 Å². The quantitative estimate of drug-likeness (QED) is 0.284. The van der Waals surface area contributed by atoms with Gasteiger partial charge in [-0.1, -0.05) is 30.9 Å². The van der Waals surface area contributed by atoms with E-state index in [9.17, 15) is 14.4 Å². The molecule has 0 radical (unpaired) electrons. The molecule has 4 aromatic rings. The molecule has 1 unspecified atom stereocenters. The molecule has 5 rings (SSSR count). The van der Waals surface area contributed by atoms with Gasteiger partial charge in [0.25, 0.3) is 5.56 Å². The predicted molar refractivity (Wildman–Crippen MR) is 147 cm³/mol. The third kappa shape index (κ3) is 5.61. The summed E-state index contributed by atoms with van der Waals surface area (Å²) >= 11 is 6.23. The Morgan fingerprint density at radius 1 is 1.15 bits per heavy atom. The van der Waals surface area contributed by atoms with Gasteiger partial charge in [-0.25, -0.2) is 0 Å². The summed E-state index contributed by atoms with van der Waals surface area (Å²) in [4.78, 5) is 39.4. The molecule has 200 valence electrons. The van der Waals surface area contributed by atoms with Gasteiger partial charge < -0.3 is 10.1 Å². The molecule has 0 saturated heterocycles. The van der Waals surface area contributed by atoms with Crippen LogP contribution in [0.5, 0.6) is 5.75 Å². The summed E-state index contributed by atoms with van der Waals surface area (Å²) in [6.45, 7) is 1.45.